The molecule has 1 aromatic carbocycles. The first kappa shape index (κ1) is 18.8. The van der Waals surface area contributed by atoms with E-state index in [9.17, 15) is 26.4 Å². The number of halogens is 3. The molecule has 0 radical (unpaired) electrons. The molecule has 1 unspecified atom stereocenters. The van der Waals surface area contributed by atoms with Gasteiger partial charge >= 0.3 is 6.18 Å². The van der Waals surface area contributed by atoms with E-state index in [1.807, 2.05) is 0 Å². The summed E-state index contributed by atoms with van der Waals surface area (Å²) in [4.78, 5) is 12.0. The maximum absolute atomic E-state index is 12.7. The van der Waals surface area contributed by atoms with Crippen molar-refractivity contribution in [2.24, 2.45) is 0 Å². The maximum atomic E-state index is 12.7. The number of alkyl halides is 3. The first-order chi connectivity index (χ1) is 11.6. The molecule has 0 saturated carbocycles. The Morgan fingerprint density at radius 2 is 2.08 bits per heavy atom. The molecule has 0 spiro atoms. The molecule has 0 aliphatic carbocycles. The quantitative estimate of drug-likeness (QED) is 0.620. The molecule has 1 aromatic rings. The van der Waals surface area contributed by atoms with E-state index in [1.165, 1.54) is 6.07 Å². The van der Waals surface area contributed by atoms with Gasteiger partial charge in [-0.2, -0.15) is 18.4 Å². The lowest BCUT2D eigenvalue weighted by Gasteiger charge is -2.10. The summed E-state index contributed by atoms with van der Waals surface area (Å²) in [6.07, 6.45) is -3.12. The summed E-state index contributed by atoms with van der Waals surface area (Å²) >= 11 is 0. The number of amides is 1. The average molecular weight is 373 g/mol. The second-order valence-corrected chi connectivity index (χ2v) is 7.70. The summed E-state index contributed by atoms with van der Waals surface area (Å²) in [6, 6.07) is 5.23. The van der Waals surface area contributed by atoms with Gasteiger partial charge in [-0.1, -0.05) is 6.07 Å². The van der Waals surface area contributed by atoms with E-state index in [4.69, 9.17) is 5.26 Å². The molecule has 1 atom stereocenters. The van der Waals surface area contributed by atoms with E-state index in [0.29, 0.717) is 6.42 Å². The maximum Gasteiger partial charge on any atom is 0.416 e. The number of carbonyl (C=O) groups is 1. The van der Waals surface area contributed by atoms with Gasteiger partial charge in [0.25, 0.3) is 5.91 Å². The molecule has 134 valence electrons. The predicted molar refractivity (Wildman–Crippen MR) is 84.0 cm³/mol. The van der Waals surface area contributed by atoms with Crippen molar-refractivity contribution < 1.29 is 26.4 Å². The molecule has 1 amide bonds. The van der Waals surface area contributed by atoms with Crippen molar-refractivity contribution in [1.82, 2.24) is 5.32 Å². The molecule has 1 aliphatic rings. The zero-order valence-corrected chi connectivity index (χ0v) is 13.6. The Kier molecular flexibility index (Phi) is 5.37. The molecule has 0 aromatic heterocycles. The van der Waals surface area contributed by atoms with Crippen LogP contribution in [-0.2, 0) is 20.8 Å². The molecule has 1 aliphatic heterocycles. The topological polar surface area (TPSA) is 99.1 Å². The van der Waals surface area contributed by atoms with Gasteiger partial charge < -0.3 is 10.6 Å². The number of benzene rings is 1. The van der Waals surface area contributed by atoms with Crippen LogP contribution in [0.5, 0.6) is 0 Å². The van der Waals surface area contributed by atoms with Gasteiger partial charge in [-0.25, -0.2) is 8.42 Å². The molecule has 2 N–H and O–H groups in total. The van der Waals surface area contributed by atoms with Gasteiger partial charge in [0.2, 0.25) is 0 Å². The van der Waals surface area contributed by atoms with Crippen LogP contribution in [0.25, 0.3) is 0 Å². The Labute approximate surface area is 142 Å². The molecular weight excluding hydrogens is 359 g/mol. The Balaban J connectivity index is 2.05. The van der Waals surface area contributed by atoms with E-state index in [1.54, 1.807) is 6.07 Å². The Bertz CT molecular complexity index is 842. The minimum absolute atomic E-state index is 0.0246. The third-order valence-electron chi connectivity index (χ3n) is 3.51. The minimum Gasteiger partial charge on any atom is -0.386 e. The smallest absolute Gasteiger partial charge is 0.386 e. The largest absolute Gasteiger partial charge is 0.416 e. The zero-order valence-electron chi connectivity index (χ0n) is 12.8. The monoisotopic (exact) mass is 373 g/mol. The van der Waals surface area contributed by atoms with Crippen LogP contribution in [0.2, 0.25) is 0 Å². The first-order valence-electron chi connectivity index (χ1n) is 7.16. The number of nitriles is 1. The van der Waals surface area contributed by atoms with Crippen LogP contribution in [0, 0.1) is 11.3 Å². The van der Waals surface area contributed by atoms with E-state index in [-0.39, 0.29) is 22.8 Å². The number of nitrogens with zero attached hydrogens (tertiary/aromatic N) is 1. The minimum atomic E-state index is -4.55. The van der Waals surface area contributed by atoms with Crippen LogP contribution in [0.15, 0.2) is 36.0 Å². The molecule has 0 bridgehead atoms. The Morgan fingerprint density at radius 1 is 1.36 bits per heavy atom. The summed E-state index contributed by atoms with van der Waals surface area (Å²) in [5, 5.41) is 13.9. The number of nitrogens with one attached hydrogen (secondary N) is 2. The number of anilines is 1. The van der Waals surface area contributed by atoms with E-state index < -0.39 is 33.5 Å². The standard InChI is InChI=1S/C15H14F3N3O3S/c16-15(17,18)11-2-1-3-12(6-11)21-14(22)10(7-19)8-20-13-4-5-25(23,24)9-13/h1-3,6,8,13,20H,4-5,9H2,(H,21,22)/b10-8-. The molecule has 6 nitrogen and oxygen atoms in total. The van der Waals surface area contributed by atoms with Gasteiger partial charge in [-0.15, -0.1) is 0 Å². The van der Waals surface area contributed by atoms with Crippen molar-refractivity contribution >= 4 is 21.4 Å². The first-order valence-corrected chi connectivity index (χ1v) is 8.98. The molecule has 10 heteroatoms. The van der Waals surface area contributed by atoms with Crippen molar-refractivity contribution in [2.75, 3.05) is 16.8 Å². The van der Waals surface area contributed by atoms with Crippen LogP contribution < -0.4 is 10.6 Å². The van der Waals surface area contributed by atoms with Crippen LogP contribution in [0.3, 0.4) is 0 Å². The molecule has 2 rings (SSSR count). The van der Waals surface area contributed by atoms with E-state index >= 15 is 0 Å². The summed E-state index contributed by atoms with van der Waals surface area (Å²) in [6.45, 7) is 0. The number of carbonyl (C=O) groups excluding carboxylic acids is 1. The molecule has 1 fully saturated rings. The lowest BCUT2D eigenvalue weighted by Crippen LogP contribution is -2.27. The number of hydrogen-bond donors (Lipinski definition) is 2. The summed E-state index contributed by atoms with van der Waals surface area (Å²) in [5.41, 5.74) is -1.41. The van der Waals surface area contributed by atoms with Crippen molar-refractivity contribution in [2.45, 2.75) is 18.6 Å². The Morgan fingerprint density at radius 3 is 2.64 bits per heavy atom. The van der Waals surface area contributed by atoms with Gasteiger partial charge in [0, 0.05) is 17.9 Å². The van der Waals surface area contributed by atoms with Gasteiger partial charge in [0.05, 0.1) is 17.1 Å². The molecular formula is C15H14F3N3O3S. The van der Waals surface area contributed by atoms with E-state index in [0.717, 1.165) is 24.4 Å². The van der Waals surface area contributed by atoms with Crippen LogP contribution >= 0.6 is 0 Å². The highest BCUT2D eigenvalue weighted by molar-refractivity contribution is 7.91. The lowest BCUT2D eigenvalue weighted by molar-refractivity contribution is -0.137. The predicted octanol–water partition coefficient (Wildman–Crippen LogP) is 1.83. The highest BCUT2D eigenvalue weighted by atomic mass is 32.2. The van der Waals surface area contributed by atoms with Gasteiger partial charge in [-0.3, -0.25) is 4.79 Å². The highest BCUT2D eigenvalue weighted by Crippen LogP contribution is 2.30. The van der Waals surface area contributed by atoms with Crippen LogP contribution in [-0.4, -0.2) is 31.9 Å². The summed E-state index contributed by atoms with van der Waals surface area (Å²) in [7, 11) is -3.12. The zero-order chi connectivity index (χ0) is 18.7. The van der Waals surface area contributed by atoms with Crippen molar-refractivity contribution in [3.05, 3.63) is 41.6 Å². The molecule has 1 saturated heterocycles. The number of sulfone groups is 1. The fraction of sp³-hybridized carbons (Fsp3) is 0.333. The van der Waals surface area contributed by atoms with Gasteiger partial charge in [-0.05, 0) is 24.6 Å². The van der Waals surface area contributed by atoms with Crippen molar-refractivity contribution in [3.63, 3.8) is 0 Å². The summed E-state index contributed by atoms with van der Waals surface area (Å²) in [5.74, 6) is -0.968. The third-order valence-corrected chi connectivity index (χ3v) is 5.28. The number of rotatable bonds is 4. The van der Waals surface area contributed by atoms with Crippen LogP contribution in [0.1, 0.15) is 12.0 Å². The lowest BCUT2D eigenvalue weighted by atomic mass is 10.2. The van der Waals surface area contributed by atoms with Crippen molar-refractivity contribution in [1.29, 1.82) is 5.26 Å². The van der Waals surface area contributed by atoms with Gasteiger partial charge in [0.15, 0.2) is 9.84 Å². The molecule has 1 heterocycles. The normalized spacial score (nSPS) is 19.9. The highest BCUT2D eigenvalue weighted by Gasteiger charge is 2.30. The fourth-order valence-electron chi connectivity index (χ4n) is 2.25. The second-order valence-electron chi connectivity index (χ2n) is 5.47. The second kappa shape index (κ2) is 7.14. The van der Waals surface area contributed by atoms with Crippen LogP contribution in [0.4, 0.5) is 18.9 Å². The SMILES string of the molecule is N#C/C(=C/NC1CCS(=O)(=O)C1)C(=O)Nc1cccc(C(F)(F)F)c1. The molecule has 25 heavy (non-hydrogen) atoms. The van der Waals surface area contributed by atoms with Gasteiger partial charge in [0.1, 0.15) is 11.6 Å². The fourth-order valence-corrected chi connectivity index (χ4v) is 3.93. The summed E-state index contributed by atoms with van der Waals surface area (Å²) < 4.78 is 60.6. The third kappa shape index (κ3) is 5.22. The van der Waals surface area contributed by atoms with Crippen molar-refractivity contribution in [3.8, 4) is 6.07 Å². The van der Waals surface area contributed by atoms with E-state index in [2.05, 4.69) is 10.6 Å². The average Bonchev–Trinajstić information content (AvgIpc) is 2.86. The number of hydrogen-bond acceptors (Lipinski definition) is 5. The Hall–Kier alpha value is -2.54.